The van der Waals surface area contributed by atoms with E-state index in [0.717, 1.165) is 37.1 Å². The van der Waals surface area contributed by atoms with E-state index in [4.69, 9.17) is 4.74 Å². The van der Waals surface area contributed by atoms with Crippen molar-refractivity contribution in [3.63, 3.8) is 0 Å². The van der Waals surface area contributed by atoms with E-state index >= 15 is 0 Å². The van der Waals surface area contributed by atoms with Crippen LogP contribution in [0.15, 0.2) is 78.9 Å². The number of aromatic nitrogens is 1. The fraction of sp³-hybridized carbons (Fsp3) is 0.276. The third kappa shape index (κ3) is 3.24. The fourth-order valence-electron chi connectivity index (χ4n) is 6.18. The zero-order valence-electron chi connectivity index (χ0n) is 18.9. The number of ether oxygens (including phenoxy) is 1. The molecule has 1 aromatic heterocycles. The summed E-state index contributed by atoms with van der Waals surface area (Å²) in [7, 11) is 1.72. The molecule has 4 aromatic rings. The second-order valence-electron chi connectivity index (χ2n) is 9.40. The number of hydrogen-bond acceptors (Lipinski definition) is 2. The molecule has 2 atom stereocenters. The van der Waals surface area contributed by atoms with Gasteiger partial charge in [-0.1, -0.05) is 60.7 Å². The summed E-state index contributed by atoms with van der Waals surface area (Å²) in [5, 5.41) is 1.30. The maximum atomic E-state index is 13.4. The number of nitrogens with one attached hydrogen (secondary N) is 1. The number of aromatic amines is 1. The molecule has 0 unspecified atom stereocenters. The molecule has 0 radical (unpaired) electrons. The van der Waals surface area contributed by atoms with Gasteiger partial charge in [-0.05, 0) is 47.7 Å². The smallest absolute Gasteiger partial charge is 0.227 e. The van der Waals surface area contributed by atoms with Gasteiger partial charge in [-0.15, -0.1) is 0 Å². The number of piperidine rings is 1. The van der Waals surface area contributed by atoms with E-state index in [1.54, 1.807) is 7.11 Å². The average molecular weight is 437 g/mol. The summed E-state index contributed by atoms with van der Waals surface area (Å²) in [6.07, 6.45) is 3.18. The van der Waals surface area contributed by atoms with Gasteiger partial charge >= 0.3 is 0 Å². The van der Waals surface area contributed by atoms with Crippen LogP contribution in [0.3, 0.4) is 0 Å². The van der Waals surface area contributed by atoms with Crippen LogP contribution < -0.4 is 4.74 Å². The van der Waals surface area contributed by atoms with Gasteiger partial charge in [-0.25, -0.2) is 0 Å². The predicted molar refractivity (Wildman–Crippen MR) is 131 cm³/mol. The Morgan fingerprint density at radius 1 is 1.06 bits per heavy atom. The van der Waals surface area contributed by atoms with Crippen molar-refractivity contribution in [1.82, 2.24) is 9.88 Å². The number of H-pyrrole nitrogens is 1. The van der Waals surface area contributed by atoms with Crippen molar-refractivity contribution in [2.24, 2.45) is 0 Å². The Morgan fingerprint density at radius 3 is 2.73 bits per heavy atom. The largest absolute Gasteiger partial charge is 0.497 e. The van der Waals surface area contributed by atoms with Crippen molar-refractivity contribution in [3.05, 3.63) is 101 Å². The number of amides is 1. The highest BCUT2D eigenvalue weighted by molar-refractivity contribution is 5.87. The Hall–Kier alpha value is -3.53. The van der Waals surface area contributed by atoms with Crippen LogP contribution in [-0.2, 0) is 23.1 Å². The second-order valence-corrected chi connectivity index (χ2v) is 9.40. The molecule has 1 saturated heterocycles. The van der Waals surface area contributed by atoms with E-state index in [2.05, 4.69) is 52.3 Å². The molecule has 2 bridgehead atoms. The number of nitrogens with zero attached hydrogens (tertiary/aromatic N) is 1. The van der Waals surface area contributed by atoms with Gasteiger partial charge < -0.3 is 14.6 Å². The number of methoxy groups -OCH3 is 1. The van der Waals surface area contributed by atoms with E-state index in [1.165, 1.54) is 27.7 Å². The van der Waals surface area contributed by atoms with Crippen LogP contribution in [0.1, 0.15) is 35.2 Å². The highest BCUT2D eigenvalue weighted by atomic mass is 16.5. The molecule has 6 rings (SSSR count). The Kier molecular flexibility index (Phi) is 4.75. The lowest BCUT2D eigenvalue weighted by molar-refractivity contribution is -0.135. The van der Waals surface area contributed by atoms with Gasteiger partial charge in [0.05, 0.1) is 13.5 Å². The lowest BCUT2D eigenvalue weighted by atomic mass is 9.61. The Balaban J connectivity index is 1.44. The SMILES string of the molecule is COc1cccc([C@]23CCN(C(=O)Cc4ccccc4)[C@H](Cc4[nH]c5ccccc5c42)C3)c1. The summed E-state index contributed by atoms with van der Waals surface area (Å²) in [5.41, 5.74) is 6.10. The molecule has 0 saturated carbocycles. The summed E-state index contributed by atoms with van der Waals surface area (Å²) < 4.78 is 5.59. The van der Waals surface area contributed by atoms with Gasteiger partial charge in [-0.3, -0.25) is 4.79 Å². The number of carbonyl (C=O) groups is 1. The quantitative estimate of drug-likeness (QED) is 0.475. The topological polar surface area (TPSA) is 45.3 Å². The molecule has 1 aliphatic carbocycles. The minimum absolute atomic E-state index is 0.129. The fourth-order valence-corrected chi connectivity index (χ4v) is 6.18. The Morgan fingerprint density at radius 2 is 1.88 bits per heavy atom. The summed E-state index contributed by atoms with van der Waals surface area (Å²) in [6, 6.07) is 27.4. The number of likely N-dealkylation sites (tertiary alicyclic amines) is 1. The molecule has 4 heteroatoms. The highest BCUT2D eigenvalue weighted by Gasteiger charge is 2.49. The third-order valence-electron chi connectivity index (χ3n) is 7.65. The van der Waals surface area contributed by atoms with Gasteiger partial charge in [0.1, 0.15) is 5.75 Å². The molecule has 2 heterocycles. The van der Waals surface area contributed by atoms with Crippen molar-refractivity contribution >= 4 is 16.8 Å². The number of para-hydroxylation sites is 1. The Bertz CT molecular complexity index is 1330. The zero-order chi connectivity index (χ0) is 22.4. The predicted octanol–water partition coefficient (Wildman–Crippen LogP) is 5.25. The minimum atomic E-state index is -0.129. The average Bonchev–Trinajstić information content (AvgIpc) is 3.23. The molecule has 3 aromatic carbocycles. The van der Waals surface area contributed by atoms with E-state index in [1.807, 2.05) is 36.4 Å². The number of hydrogen-bond donors (Lipinski definition) is 1. The molecular formula is C29H28N2O2. The van der Waals surface area contributed by atoms with Crippen LogP contribution in [0.5, 0.6) is 5.75 Å². The highest BCUT2D eigenvalue weighted by Crippen LogP contribution is 2.52. The molecule has 1 aliphatic heterocycles. The van der Waals surface area contributed by atoms with Crippen LogP contribution in [0.4, 0.5) is 0 Å². The van der Waals surface area contributed by atoms with Crippen LogP contribution >= 0.6 is 0 Å². The maximum Gasteiger partial charge on any atom is 0.227 e. The van der Waals surface area contributed by atoms with Crippen molar-refractivity contribution in [3.8, 4) is 5.75 Å². The first kappa shape index (κ1) is 20.1. The number of rotatable bonds is 4. The van der Waals surface area contributed by atoms with Crippen LogP contribution in [0, 0.1) is 0 Å². The van der Waals surface area contributed by atoms with Gasteiger partial charge in [0.15, 0.2) is 0 Å². The van der Waals surface area contributed by atoms with Crippen molar-refractivity contribution in [1.29, 1.82) is 0 Å². The van der Waals surface area contributed by atoms with E-state index in [9.17, 15) is 4.79 Å². The molecule has 166 valence electrons. The molecule has 2 aliphatic rings. The standard InChI is InChI=1S/C29H28N2O2/c1-33-23-11-7-10-21(17-23)29-14-15-31(27(32)16-20-8-3-2-4-9-20)22(19-29)18-26-28(29)24-12-5-6-13-25(24)30-26/h2-13,17,22,30H,14-16,18-19H2,1H3/t22-,29-/m1/s1. The monoisotopic (exact) mass is 436 g/mol. The van der Waals surface area contributed by atoms with Crippen molar-refractivity contribution in [2.75, 3.05) is 13.7 Å². The van der Waals surface area contributed by atoms with Crippen LogP contribution in [0.25, 0.3) is 10.9 Å². The number of benzene rings is 3. The Labute approximate surface area is 194 Å². The minimum Gasteiger partial charge on any atom is -0.497 e. The number of carbonyl (C=O) groups excluding carboxylic acids is 1. The van der Waals surface area contributed by atoms with E-state index in [-0.39, 0.29) is 17.4 Å². The summed E-state index contributed by atoms with van der Waals surface area (Å²) in [4.78, 5) is 19.2. The first-order valence-corrected chi connectivity index (χ1v) is 11.8. The van der Waals surface area contributed by atoms with Gasteiger partial charge in [0, 0.05) is 41.0 Å². The van der Waals surface area contributed by atoms with Crippen LogP contribution in [-0.4, -0.2) is 35.5 Å². The zero-order valence-corrected chi connectivity index (χ0v) is 18.9. The van der Waals surface area contributed by atoms with E-state index < -0.39 is 0 Å². The molecule has 4 nitrogen and oxygen atoms in total. The lowest BCUT2D eigenvalue weighted by Crippen LogP contribution is -2.55. The molecular weight excluding hydrogens is 408 g/mol. The van der Waals surface area contributed by atoms with Crippen LogP contribution in [0.2, 0.25) is 0 Å². The van der Waals surface area contributed by atoms with Gasteiger partial charge in [0.2, 0.25) is 5.91 Å². The normalized spacial score (nSPS) is 21.6. The summed E-state index contributed by atoms with van der Waals surface area (Å²) in [5.74, 6) is 1.11. The third-order valence-corrected chi connectivity index (χ3v) is 7.65. The maximum absolute atomic E-state index is 13.4. The lowest BCUT2D eigenvalue weighted by Gasteiger charge is -2.51. The summed E-state index contributed by atoms with van der Waals surface area (Å²) in [6.45, 7) is 0.770. The molecule has 1 N–H and O–H groups in total. The number of fused-ring (bicyclic) bond motifs is 6. The van der Waals surface area contributed by atoms with Gasteiger partial charge in [-0.2, -0.15) is 0 Å². The van der Waals surface area contributed by atoms with Crippen molar-refractivity contribution in [2.45, 2.75) is 37.1 Å². The molecule has 33 heavy (non-hydrogen) atoms. The van der Waals surface area contributed by atoms with Crippen molar-refractivity contribution < 1.29 is 9.53 Å². The van der Waals surface area contributed by atoms with E-state index in [0.29, 0.717) is 6.42 Å². The molecule has 1 fully saturated rings. The first-order chi connectivity index (χ1) is 16.2. The molecule has 0 spiro atoms. The van der Waals surface area contributed by atoms with Gasteiger partial charge in [0.25, 0.3) is 0 Å². The second kappa shape index (κ2) is 7.80. The summed E-state index contributed by atoms with van der Waals surface area (Å²) >= 11 is 0. The first-order valence-electron chi connectivity index (χ1n) is 11.8. The molecule has 1 amide bonds.